The molecule has 92 valence electrons. The lowest BCUT2D eigenvalue weighted by molar-refractivity contribution is -0.385. The number of hydrogen-bond donors (Lipinski definition) is 0. The molecule has 7 heteroatoms. The van der Waals surface area contributed by atoms with E-state index in [4.69, 9.17) is 4.42 Å². The highest BCUT2D eigenvalue weighted by molar-refractivity contribution is 9.10. The normalized spacial score (nSPS) is 10.6. The number of nitro benzene ring substituents is 1. The van der Waals surface area contributed by atoms with Crippen LogP contribution in [0.25, 0.3) is 11.0 Å². The van der Waals surface area contributed by atoms with E-state index in [0.717, 1.165) is 12.3 Å². The molecule has 0 aliphatic heterocycles. The Hall–Kier alpha value is -2.02. The number of carbonyl (C=O) groups excluding carboxylic acids is 1. The number of halogens is 1. The van der Waals surface area contributed by atoms with E-state index in [0.29, 0.717) is 16.3 Å². The summed E-state index contributed by atoms with van der Waals surface area (Å²) in [4.78, 5) is 32.8. The van der Waals surface area contributed by atoms with Crippen molar-refractivity contribution in [2.24, 2.45) is 0 Å². The van der Waals surface area contributed by atoms with Gasteiger partial charge in [0.2, 0.25) is 5.43 Å². The van der Waals surface area contributed by atoms with Crippen molar-refractivity contribution in [3.8, 4) is 0 Å². The maximum absolute atomic E-state index is 11.9. The van der Waals surface area contributed by atoms with Gasteiger partial charge in [-0.15, -0.1) is 0 Å². The zero-order chi connectivity index (χ0) is 13.4. The van der Waals surface area contributed by atoms with Gasteiger partial charge in [0, 0.05) is 11.6 Å². The van der Waals surface area contributed by atoms with Crippen molar-refractivity contribution in [1.29, 1.82) is 0 Å². The first-order chi connectivity index (χ1) is 8.47. The Balaban J connectivity index is 3.01. The van der Waals surface area contributed by atoms with Crippen LogP contribution in [0.2, 0.25) is 0 Å². The topological polar surface area (TPSA) is 90.4 Å². The number of benzene rings is 1. The Morgan fingerprint density at radius 3 is 2.72 bits per heavy atom. The second-order valence-electron chi connectivity index (χ2n) is 3.61. The number of nitro groups is 1. The van der Waals surface area contributed by atoms with Gasteiger partial charge in [0.25, 0.3) is 5.69 Å². The summed E-state index contributed by atoms with van der Waals surface area (Å²) in [6, 6.07) is 1.12. The molecule has 18 heavy (non-hydrogen) atoms. The Labute approximate surface area is 108 Å². The largest absolute Gasteiger partial charge is 0.462 e. The van der Waals surface area contributed by atoms with Gasteiger partial charge in [-0.05, 0) is 22.9 Å². The van der Waals surface area contributed by atoms with Gasteiger partial charge in [-0.1, -0.05) is 0 Å². The quantitative estimate of drug-likeness (QED) is 0.483. The van der Waals surface area contributed by atoms with Crippen molar-refractivity contribution in [2.75, 3.05) is 0 Å². The van der Waals surface area contributed by atoms with Crippen LogP contribution in [0.4, 0.5) is 5.69 Å². The zero-order valence-corrected chi connectivity index (χ0v) is 10.7. The van der Waals surface area contributed by atoms with Gasteiger partial charge in [-0.2, -0.15) is 0 Å². The molecule has 0 fully saturated rings. The molecule has 1 aromatic heterocycles. The van der Waals surface area contributed by atoms with Gasteiger partial charge in [-0.3, -0.25) is 19.7 Å². The Bertz CT molecular complexity index is 734. The lowest BCUT2D eigenvalue weighted by Crippen LogP contribution is -2.08. The molecule has 0 atom stereocenters. The molecule has 1 aromatic carbocycles. The van der Waals surface area contributed by atoms with Gasteiger partial charge in [-0.25, -0.2) is 0 Å². The summed E-state index contributed by atoms with van der Waals surface area (Å²) in [6.07, 6.45) is 1.39. The van der Waals surface area contributed by atoms with Crippen molar-refractivity contribution < 1.29 is 14.1 Å². The number of fused-ring (bicyclic) bond motifs is 1. The fraction of sp³-hybridized carbons (Fsp3) is 0.0909. The molecule has 0 unspecified atom stereocenters. The minimum Gasteiger partial charge on any atom is -0.462 e. The lowest BCUT2D eigenvalue weighted by atomic mass is 10.1. The number of hydrogen-bond acceptors (Lipinski definition) is 5. The predicted octanol–water partition coefficient (Wildman–Crippen LogP) is 2.58. The number of rotatable bonds is 2. The molecule has 0 bridgehead atoms. The van der Waals surface area contributed by atoms with Crippen LogP contribution in [0.1, 0.15) is 15.9 Å². The van der Waals surface area contributed by atoms with E-state index >= 15 is 0 Å². The average molecular weight is 312 g/mol. The third kappa shape index (κ3) is 1.72. The molecule has 2 rings (SSSR count). The van der Waals surface area contributed by atoms with Crippen LogP contribution in [0.5, 0.6) is 0 Å². The first kappa shape index (κ1) is 12.4. The molecule has 2 aromatic rings. The monoisotopic (exact) mass is 311 g/mol. The molecule has 0 aliphatic rings. The summed E-state index contributed by atoms with van der Waals surface area (Å²) < 4.78 is 5.49. The fourth-order valence-corrected chi connectivity index (χ4v) is 2.11. The summed E-state index contributed by atoms with van der Waals surface area (Å²) >= 11 is 3.16. The van der Waals surface area contributed by atoms with Crippen LogP contribution in [-0.2, 0) is 0 Å². The molecule has 1 heterocycles. The smallest absolute Gasteiger partial charge is 0.274 e. The van der Waals surface area contributed by atoms with Crippen LogP contribution in [0, 0.1) is 17.0 Å². The highest BCUT2D eigenvalue weighted by Crippen LogP contribution is 2.32. The predicted molar refractivity (Wildman–Crippen MR) is 67.0 cm³/mol. The first-order valence-corrected chi connectivity index (χ1v) is 5.61. The summed E-state index contributed by atoms with van der Waals surface area (Å²) in [5, 5.41) is 10.9. The number of carbonyl (C=O) groups is 1. The summed E-state index contributed by atoms with van der Waals surface area (Å²) in [5.41, 5.74) is -0.421. The van der Waals surface area contributed by atoms with Crippen molar-refractivity contribution in [3.05, 3.63) is 48.3 Å². The minimum absolute atomic E-state index is 0.00350. The summed E-state index contributed by atoms with van der Waals surface area (Å²) in [7, 11) is 0. The van der Waals surface area contributed by atoms with Gasteiger partial charge >= 0.3 is 0 Å². The van der Waals surface area contributed by atoms with Crippen LogP contribution in [0.3, 0.4) is 0 Å². The Kier molecular flexibility index (Phi) is 3.00. The van der Waals surface area contributed by atoms with Gasteiger partial charge in [0.05, 0.1) is 20.3 Å². The third-order valence-electron chi connectivity index (χ3n) is 2.57. The second kappa shape index (κ2) is 4.34. The van der Waals surface area contributed by atoms with Crippen molar-refractivity contribution in [3.63, 3.8) is 0 Å². The van der Waals surface area contributed by atoms with E-state index < -0.39 is 10.4 Å². The van der Waals surface area contributed by atoms with Crippen molar-refractivity contribution in [2.45, 2.75) is 6.92 Å². The Morgan fingerprint density at radius 1 is 1.50 bits per heavy atom. The number of nitrogens with zero attached hydrogens (tertiary/aromatic N) is 1. The molecule has 0 spiro atoms. The SMILES string of the molecule is Cc1c([N+](=O)[O-])cc2c(=O)c(C=O)coc2c1Br. The average Bonchev–Trinajstić information content (AvgIpc) is 2.34. The van der Waals surface area contributed by atoms with Gasteiger partial charge < -0.3 is 4.42 Å². The lowest BCUT2D eigenvalue weighted by Gasteiger charge is -2.04. The summed E-state index contributed by atoms with van der Waals surface area (Å²) in [5.74, 6) is 0. The molecular formula is C11H6BrNO5. The molecule has 0 aliphatic carbocycles. The van der Waals surface area contributed by atoms with E-state index in [1.165, 1.54) is 6.92 Å². The van der Waals surface area contributed by atoms with Crippen LogP contribution in [0.15, 0.2) is 26.0 Å². The van der Waals surface area contributed by atoms with Crippen LogP contribution >= 0.6 is 15.9 Å². The number of aldehydes is 1. The zero-order valence-electron chi connectivity index (χ0n) is 9.10. The molecule has 6 nitrogen and oxygen atoms in total. The van der Waals surface area contributed by atoms with E-state index in [1.54, 1.807) is 0 Å². The Morgan fingerprint density at radius 2 is 2.17 bits per heavy atom. The van der Waals surface area contributed by atoms with E-state index in [2.05, 4.69) is 15.9 Å². The first-order valence-electron chi connectivity index (χ1n) is 4.81. The molecule has 0 amide bonds. The van der Waals surface area contributed by atoms with Gasteiger partial charge in [0.1, 0.15) is 6.26 Å². The summed E-state index contributed by atoms with van der Waals surface area (Å²) in [6.45, 7) is 1.54. The van der Waals surface area contributed by atoms with Crippen LogP contribution in [-0.4, -0.2) is 11.2 Å². The minimum atomic E-state index is -0.591. The van der Waals surface area contributed by atoms with Crippen LogP contribution < -0.4 is 5.43 Å². The highest BCUT2D eigenvalue weighted by Gasteiger charge is 2.20. The molecule has 0 saturated carbocycles. The molecular weight excluding hydrogens is 306 g/mol. The molecule has 0 radical (unpaired) electrons. The fourth-order valence-electron chi connectivity index (χ4n) is 1.60. The van der Waals surface area contributed by atoms with E-state index in [9.17, 15) is 19.7 Å². The van der Waals surface area contributed by atoms with Gasteiger partial charge in [0.15, 0.2) is 11.9 Å². The van der Waals surface area contributed by atoms with Crippen molar-refractivity contribution in [1.82, 2.24) is 0 Å². The maximum Gasteiger partial charge on any atom is 0.274 e. The maximum atomic E-state index is 11.9. The van der Waals surface area contributed by atoms with Crippen molar-refractivity contribution >= 4 is 38.9 Å². The van der Waals surface area contributed by atoms with E-state index in [-0.39, 0.29) is 22.2 Å². The second-order valence-corrected chi connectivity index (χ2v) is 4.40. The molecule has 0 saturated heterocycles. The highest BCUT2D eigenvalue weighted by atomic mass is 79.9. The van der Waals surface area contributed by atoms with E-state index in [1.807, 2.05) is 0 Å². The molecule has 0 N–H and O–H groups in total. The third-order valence-corrected chi connectivity index (χ3v) is 3.53. The standard InChI is InChI=1S/C11H6BrNO5/c1-5-8(13(16)17)2-7-10(15)6(3-14)4-18-11(7)9(5)12/h2-4H,1H3.